The number of amidine groups is 1. The normalized spacial score (nSPS) is 16.3. The van der Waals surface area contributed by atoms with Gasteiger partial charge in [0.05, 0.1) is 5.75 Å². The van der Waals surface area contributed by atoms with Gasteiger partial charge in [-0.3, -0.25) is 14.4 Å². The molecule has 3 aromatic carbocycles. The molecule has 0 aromatic heterocycles. The average Bonchev–Trinajstić information content (AvgIpc) is 2.73. The first-order chi connectivity index (χ1) is 14.1. The summed E-state index contributed by atoms with van der Waals surface area (Å²) in [6.07, 6.45) is 0. The Hall–Kier alpha value is -3.45. The van der Waals surface area contributed by atoms with Crippen LogP contribution in [0.25, 0.3) is 10.8 Å². The predicted molar refractivity (Wildman–Crippen MR) is 115 cm³/mol. The fourth-order valence-electron chi connectivity index (χ4n) is 3.14. The molecule has 0 spiro atoms. The zero-order valence-corrected chi connectivity index (χ0v) is 16.1. The fraction of sp³-hybridized carbons (Fsp3) is 0.0909. The molecule has 7 heteroatoms. The quantitative estimate of drug-likeness (QED) is 0.655. The average molecular weight is 403 g/mol. The number of hydrogen-bond donors (Lipinski definition) is 2. The van der Waals surface area contributed by atoms with Crippen molar-refractivity contribution in [2.24, 2.45) is 4.99 Å². The number of fused-ring (bicyclic) bond motifs is 1. The van der Waals surface area contributed by atoms with E-state index in [-0.39, 0.29) is 16.8 Å². The van der Waals surface area contributed by atoms with E-state index in [0.717, 1.165) is 22.5 Å². The smallest absolute Gasteiger partial charge is 0.265 e. The minimum absolute atomic E-state index is 0.0195. The van der Waals surface area contributed by atoms with Crippen molar-refractivity contribution in [3.63, 3.8) is 0 Å². The molecule has 29 heavy (non-hydrogen) atoms. The van der Waals surface area contributed by atoms with Crippen molar-refractivity contribution in [3.8, 4) is 0 Å². The second kappa shape index (κ2) is 8.28. The van der Waals surface area contributed by atoms with E-state index >= 15 is 0 Å². The Kier molecular flexibility index (Phi) is 5.39. The van der Waals surface area contributed by atoms with E-state index in [1.807, 2.05) is 48.5 Å². The van der Waals surface area contributed by atoms with Crippen LogP contribution < -0.4 is 10.6 Å². The van der Waals surface area contributed by atoms with Crippen molar-refractivity contribution in [1.29, 1.82) is 0 Å². The van der Waals surface area contributed by atoms with Gasteiger partial charge < -0.3 is 10.6 Å². The molecule has 0 bridgehead atoms. The van der Waals surface area contributed by atoms with Crippen LogP contribution in [0.15, 0.2) is 77.8 Å². The van der Waals surface area contributed by atoms with Gasteiger partial charge in [-0.2, -0.15) is 4.99 Å². The van der Waals surface area contributed by atoms with Crippen LogP contribution in [0.5, 0.6) is 0 Å². The summed E-state index contributed by atoms with van der Waals surface area (Å²) in [6.45, 7) is 0. The second-order valence-electron chi connectivity index (χ2n) is 6.45. The second-order valence-corrected chi connectivity index (χ2v) is 7.42. The molecule has 2 N–H and O–H groups in total. The molecule has 3 aromatic rings. The van der Waals surface area contributed by atoms with Gasteiger partial charge in [-0.25, -0.2) is 0 Å². The lowest BCUT2D eigenvalue weighted by Gasteiger charge is -2.19. The first-order valence-electron chi connectivity index (χ1n) is 9.00. The Morgan fingerprint density at radius 1 is 0.966 bits per heavy atom. The third-order valence-corrected chi connectivity index (χ3v) is 5.36. The number of carbonyl (C=O) groups is 3. The molecule has 0 saturated heterocycles. The van der Waals surface area contributed by atoms with E-state index in [4.69, 9.17) is 0 Å². The SMILES string of the molecule is O=C(CSC1=NC(=O)C(c2ccccc2)C(=O)N1)Nc1cccc2ccccc12. The number of nitrogens with one attached hydrogen (secondary N) is 2. The van der Waals surface area contributed by atoms with Crippen molar-refractivity contribution in [2.45, 2.75) is 5.92 Å². The van der Waals surface area contributed by atoms with Gasteiger partial charge in [-0.15, -0.1) is 0 Å². The summed E-state index contributed by atoms with van der Waals surface area (Å²) in [5.41, 5.74) is 1.31. The van der Waals surface area contributed by atoms with Crippen LogP contribution in [0.2, 0.25) is 0 Å². The molecule has 144 valence electrons. The highest BCUT2D eigenvalue weighted by Crippen LogP contribution is 2.24. The number of thioether (sulfide) groups is 1. The van der Waals surface area contributed by atoms with Gasteiger partial charge in [0.1, 0.15) is 5.92 Å². The molecule has 0 fully saturated rings. The maximum Gasteiger partial charge on any atom is 0.265 e. The van der Waals surface area contributed by atoms with Gasteiger partial charge in [0, 0.05) is 11.1 Å². The molecule has 4 rings (SSSR count). The number of hydrogen-bond acceptors (Lipinski definition) is 4. The Bertz CT molecular complexity index is 1120. The van der Waals surface area contributed by atoms with E-state index in [1.54, 1.807) is 24.3 Å². The topological polar surface area (TPSA) is 87.6 Å². The summed E-state index contributed by atoms with van der Waals surface area (Å²) in [7, 11) is 0. The van der Waals surface area contributed by atoms with Crippen molar-refractivity contribution in [2.75, 3.05) is 11.1 Å². The molecular formula is C22H17N3O3S. The van der Waals surface area contributed by atoms with Crippen LogP contribution in [0.4, 0.5) is 5.69 Å². The Morgan fingerprint density at radius 3 is 2.48 bits per heavy atom. The molecule has 1 aliphatic rings. The lowest BCUT2D eigenvalue weighted by molar-refractivity contribution is -0.129. The lowest BCUT2D eigenvalue weighted by Crippen LogP contribution is -2.41. The van der Waals surface area contributed by atoms with Crippen molar-refractivity contribution < 1.29 is 14.4 Å². The molecule has 1 atom stereocenters. The standard InChI is InChI=1S/C22H17N3O3S/c26-18(23-17-12-6-10-14-7-4-5-11-16(14)17)13-29-22-24-20(27)19(21(28)25-22)15-8-2-1-3-9-15/h1-12,19H,13H2,(H,23,26)(H,24,25,27,28). The highest BCUT2D eigenvalue weighted by molar-refractivity contribution is 8.14. The number of amides is 3. The fourth-order valence-corrected chi connectivity index (χ4v) is 3.81. The van der Waals surface area contributed by atoms with E-state index in [9.17, 15) is 14.4 Å². The summed E-state index contributed by atoms with van der Waals surface area (Å²) in [4.78, 5) is 41.0. The number of nitrogens with zero attached hydrogens (tertiary/aromatic N) is 1. The van der Waals surface area contributed by atoms with Gasteiger partial charge in [0.2, 0.25) is 11.8 Å². The van der Waals surface area contributed by atoms with Crippen LogP contribution in [-0.4, -0.2) is 28.6 Å². The summed E-state index contributed by atoms with van der Waals surface area (Å²) < 4.78 is 0. The zero-order valence-electron chi connectivity index (χ0n) is 15.3. The van der Waals surface area contributed by atoms with Gasteiger partial charge >= 0.3 is 0 Å². The molecule has 0 aliphatic carbocycles. The predicted octanol–water partition coefficient (Wildman–Crippen LogP) is 3.31. The van der Waals surface area contributed by atoms with E-state index in [0.29, 0.717) is 11.3 Å². The minimum atomic E-state index is -0.954. The maximum atomic E-state index is 12.4. The summed E-state index contributed by atoms with van der Waals surface area (Å²) >= 11 is 1.02. The molecule has 6 nitrogen and oxygen atoms in total. The molecule has 3 amide bonds. The van der Waals surface area contributed by atoms with Crippen LogP contribution >= 0.6 is 11.8 Å². The van der Waals surface area contributed by atoms with Gasteiger partial charge in [-0.1, -0.05) is 78.5 Å². The van der Waals surface area contributed by atoms with Crippen LogP contribution in [0.1, 0.15) is 11.5 Å². The number of anilines is 1. The Morgan fingerprint density at radius 2 is 1.69 bits per heavy atom. The number of rotatable bonds is 4. The van der Waals surface area contributed by atoms with E-state index in [1.165, 1.54) is 0 Å². The van der Waals surface area contributed by atoms with Crippen LogP contribution in [0.3, 0.4) is 0 Å². The third kappa shape index (κ3) is 4.20. The van der Waals surface area contributed by atoms with Crippen molar-refractivity contribution >= 4 is 51.1 Å². The summed E-state index contributed by atoms with van der Waals surface area (Å²) in [6, 6.07) is 22.2. The maximum absolute atomic E-state index is 12.4. The van der Waals surface area contributed by atoms with E-state index in [2.05, 4.69) is 15.6 Å². The molecule has 0 radical (unpaired) electrons. The van der Waals surface area contributed by atoms with Crippen molar-refractivity contribution in [1.82, 2.24) is 5.32 Å². The lowest BCUT2D eigenvalue weighted by atomic mass is 9.97. The number of carbonyl (C=O) groups excluding carboxylic acids is 3. The highest BCUT2D eigenvalue weighted by atomic mass is 32.2. The Balaban J connectivity index is 1.41. The van der Waals surface area contributed by atoms with Crippen molar-refractivity contribution in [3.05, 3.63) is 78.4 Å². The van der Waals surface area contributed by atoms with Crippen LogP contribution in [0, 0.1) is 0 Å². The van der Waals surface area contributed by atoms with E-state index < -0.39 is 17.7 Å². The molecule has 1 aliphatic heterocycles. The third-order valence-electron chi connectivity index (χ3n) is 4.49. The summed E-state index contributed by atoms with van der Waals surface area (Å²) in [5, 5.41) is 7.60. The molecule has 0 saturated carbocycles. The minimum Gasteiger partial charge on any atom is -0.325 e. The molecular weight excluding hydrogens is 386 g/mol. The number of aliphatic imine (C=N–C) groups is 1. The van der Waals surface area contributed by atoms with Gasteiger partial charge in [0.25, 0.3) is 5.91 Å². The first-order valence-corrected chi connectivity index (χ1v) is 9.99. The first kappa shape index (κ1) is 18.9. The molecule has 1 unspecified atom stereocenters. The largest absolute Gasteiger partial charge is 0.325 e. The Labute approximate surface area is 171 Å². The van der Waals surface area contributed by atoms with Gasteiger partial charge in [0.15, 0.2) is 5.17 Å². The highest BCUT2D eigenvalue weighted by Gasteiger charge is 2.33. The van der Waals surface area contributed by atoms with Crippen LogP contribution in [-0.2, 0) is 14.4 Å². The molecule has 1 heterocycles. The zero-order chi connectivity index (χ0) is 20.2. The monoisotopic (exact) mass is 403 g/mol. The van der Waals surface area contributed by atoms with Gasteiger partial charge in [-0.05, 0) is 17.0 Å². The number of benzene rings is 3. The summed E-state index contributed by atoms with van der Waals surface area (Å²) in [5.74, 6) is -2.15.